The molecule has 0 radical (unpaired) electrons. The number of primary amides is 1. The number of thiophene rings is 1. The topological polar surface area (TPSA) is 106 Å². The van der Waals surface area contributed by atoms with Crippen LogP contribution in [0.1, 0.15) is 16.6 Å². The van der Waals surface area contributed by atoms with Gasteiger partial charge < -0.3 is 16.4 Å². The third-order valence-electron chi connectivity index (χ3n) is 2.30. The Labute approximate surface area is 104 Å². The van der Waals surface area contributed by atoms with Gasteiger partial charge in [-0.1, -0.05) is 0 Å². The van der Waals surface area contributed by atoms with Crippen molar-refractivity contribution in [3.8, 4) is 0 Å². The minimum atomic E-state index is -3.50. The lowest BCUT2D eigenvalue weighted by atomic mass is 10.4. The summed E-state index contributed by atoms with van der Waals surface area (Å²) in [6.07, 6.45) is 1.06. The van der Waals surface area contributed by atoms with Crippen molar-refractivity contribution in [2.24, 2.45) is 5.73 Å². The number of hydrogen-bond donors (Lipinski definition) is 2. The number of amides is 1. The van der Waals surface area contributed by atoms with Crippen molar-refractivity contribution in [1.29, 1.82) is 0 Å². The lowest BCUT2D eigenvalue weighted by molar-refractivity contribution is 0.100. The van der Waals surface area contributed by atoms with E-state index in [1.165, 1.54) is 0 Å². The first-order valence-electron chi connectivity index (χ1n) is 4.83. The third kappa shape index (κ3) is 2.52. The normalized spacial score (nSPS) is 11.5. The predicted molar refractivity (Wildman–Crippen MR) is 69.3 cm³/mol. The number of hydrogen-bond acceptors (Lipinski definition) is 6. The minimum absolute atomic E-state index is 0.0133. The van der Waals surface area contributed by atoms with Gasteiger partial charge in [0, 0.05) is 19.8 Å². The summed E-state index contributed by atoms with van der Waals surface area (Å²) in [5, 5.41) is 0.446. The maximum Gasteiger partial charge on any atom is 0.261 e. The Kier molecular flexibility index (Phi) is 3.68. The second kappa shape index (κ2) is 4.53. The molecule has 0 atom stereocenters. The van der Waals surface area contributed by atoms with Gasteiger partial charge in [-0.05, 0) is 6.92 Å². The third-order valence-corrected chi connectivity index (χ3v) is 4.92. The fourth-order valence-electron chi connectivity index (χ4n) is 1.35. The van der Waals surface area contributed by atoms with E-state index in [1.807, 2.05) is 6.92 Å². The van der Waals surface area contributed by atoms with Crippen LogP contribution in [0.5, 0.6) is 0 Å². The molecule has 1 heterocycles. The average Bonchev–Trinajstić information content (AvgIpc) is 2.54. The quantitative estimate of drug-likeness (QED) is 0.822. The lowest BCUT2D eigenvalue weighted by Crippen LogP contribution is -2.17. The zero-order chi connectivity index (χ0) is 13.4. The van der Waals surface area contributed by atoms with Crippen molar-refractivity contribution in [2.45, 2.75) is 11.8 Å². The van der Waals surface area contributed by atoms with E-state index in [9.17, 15) is 13.2 Å². The molecule has 0 aliphatic carbocycles. The van der Waals surface area contributed by atoms with Crippen LogP contribution >= 0.6 is 11.3 Å². The summed E-state index contributed by atoms with van der Waals surface area (Å²) in [6.45, 7) is 2.46. The molecule has 0 saturated heterocycles. The first kappa shape index (κ1) is 13.8. The van der Waals surface area contributed by atoms with Crippen LogP contribution in [0, 0.1) is 0 Å². The van der Waals surface area contributed by atoms with Gasteiger partial charge in [0.05, 0.1) is 5.69 Å². The number of rotatable bonds is 4. The Hall–Kier alpha value is -1.28. The van der Waals surface area contributed by atoms with Gasteiger partial charge in [-0.25, -0.2) is 8.42 Å². The van der Waals surface area contributed by atoms with E-state index in [-0.39, 0.29) is 15.5 Å². The Morgan fingerprint density at radius 3 is 2.35 bits per heavy atom. The van der Waals surface area contributed by atoms with Gasteiger partial charge in [0.15, 0.2) is 9.84 Å². The molecule has 17 heavy (non-hydrogen) atoms. The molecule has 6 nitrogen and oxygen atoms in total. The van der Waals surface area contributed by atoms with Gasteiger partial charge in [0.1, 0.15) is 14.8 Å². The second-order valence-corrected chi connectivity index (χ2v) is 6.58. The van der Waals surface area contributed by atoms with Gasteiger partial charge in [0.2, 0.25) is 0 Å². The van der Waals surface area contributed by atoms with Crippen LogP contribution in [0.4, 0.5) is 10.7 Å². The van der Waals surface area contributed by atoms with Crippen molar-refractivity contribution >= 4 is 37.8 Å². The van der Waals surface area contributed by atoms with Crippen LogP contribution in [-0.2, 0) is 9.84 Å². The summed E-state index contributed by atoms with van der Waals surface area (Å²) in [7, 11) is -1.77. The molecule has 0 aromatic carbocycles. The molecule has 1 rings (SSSR count). The molecule has 0 aliphatic rings. The Bertz CT molecular complexity index is 548. The monoisotopic (exact) mass is 277 g/mol. The maximum absolute atomic E-state index is 11.7. The molecule has 0 fully saturated rings. The molecular weight excluding hydrogens is 262 g/mol. The van der Waals surface area contributed by atoms with Crippen LogP contribution in [0.15, 0.2) is 4.90 Å². The van der Waals surface area contributed by atoms with E-state index in [4.69, 9.17) is 11.5 Å². The van der Waals surface area contributed by atoms with Crippen LogP contribution in [0.25, 0.3) is 0 Å². The van der Waals surface area contributed by atoms with Crippen molar-refractivity contribution in [1.82, 2.24) is 0 Å². The highest BCUT2D eigenvalue weighted by Gasteiger charge is 2.27. The first-order chi connectivity index (χ1) is 7.70. The van der Waals surface area contributed by atoms with E-state index >= 15 is 0 Å². The predicted octanol–water partition coefficient (Wildman–Crippen LogP) is 0.289. The number of nitrogen functional groups attached to an aromatic ring is 1. The number of carbonyl (C=O) groups excluding carboxylic acids is 1. The van der Waals surface area contributed by atoms with Gasteiger partial charge in [-0.2, -0.15) is 0 Å². The summed E-state index contributed by atoms with van der Waals surface area (Å²) in [5.41, 5.74) is 10.8. The van der Waals surface area contributed by atoms with E-state index in [1.54, 1.807) is 11.9 Å². The molecule has 0 spiro atoms. The minimum Gasteiger partial charge on any atom is -0.396 e. The summed E-state index contributed by atoms with van der Waals surface area (Å²) in [4.78, 5) is 12.9. The number of sulfone groups is 1. The van der Waals surface area contributed by atoms with Crippen molar-refractivity contribution < 1.29 is 13.2 Å². The van der Waals surface area contributed by atoms with E-state index < -0.39 is 15.7 Å². The van der Waals surface area contributed by atoms with Crippen molar-refractivity contribution in [3.05, 3.63) is 4.88 Å². The highest BCUT2D eigenvalue weighted by Crippen LogP contribution is 2.40. The highest BCUT2D eigenvalue weighted by atomic mass is 32.2. The standard InChI is InChI=1S/C9H15N3O3S2/c1-4-12(2)9-7(17(3,14)15)5(10)6(16-9)8(11)13/h4,10H2,1-3H3,(H2,11,13). The van der Waals surface area contributed by atoms with Gasteiger partial charge in [-0.15, -0.1) is 11.3 Å². The summed E-state index contributed by atoms with van der Waals surface area (Å²) >= 11 is 1.00. The summed E-state index contributed by atoms with van der Waals surface area (Å²) in [6, 6.07) is 0. The number of nitrogens with two attached hydrogens (primary N) is 2. The Morgan fingerprint density at radius 1 is 1.47 bits per heavy atom. The van der Waals surface area contributed by atoms with Crippen LogP contribution in [-0.4, -0.2) is 34.2 Å². The molecule has 1 amide bonds. The second-order valence-electron chi connectivity index (χ2n) is 3.63. The summed E-state index contributed by atoms with van der Waals surface area (Å²) < 4.78 is 23.4. The zero-order valence-corrected chi connectivity index (χ0v) is 11.5. The summed E-state index contributed by atoms with van der Waals surface area (Å²) in [5.74, 6) is -0.715. The molecule has 0 bridgehead atoms. The molecule has 0 unspecified atom stereocenters. The molecule has 1 aromatic heterocycles. The average molecular weight is 277 g/mol. The smallest absolute Gasteiger partial charge is 0.261 e. The molecule has 0 saturated carbocycles. The number of nitrogens with zero attached hydrogens (tertiary/aromatic N) is 1. The largest absolute Gasteiger partial charge is 0.396 e. The van der Waals surface area contributed by atoms with Crippen molar-refractivity contribution in [3.63, 3.8) is 0 Å². The maximum atomic E-state index is 11.7. The van der Waals surface area contributed by atoms with E-state index in [2.05, 4.69) is 0 Å². The molecule has 4 N–H and O–H groups in total. The van der Waals surface area contributed by atoms with Crippen LogP contribution in [0.3, 0.4) is 0 Å². The zero-order valence-electron chi connectivity index (χ0n) is 9.85. The van der Waals surface area contributed by atoms with Gasteiger partial charge in [-0.3, -0.25) is 4.79 Å². The molecule has 1 aromatic rings. The fraction of sp³-hybridized carbons (Fsp3) is 0.444. The molecule has 96 valence electrons. The molecular formula is C9H15N3O3S2. The van der Waals surface area contributed by atoms with Gasteiger partial charge >= 0.3 is 0 Å². The number of anilines is 2. The van der Waals surface area contributed by atoms with Crippen LogP contribution < -0.4 is 16.4 Å². The first-order valence-corrected chi connectivity index (χ1v) is 7.54. The molecule has 8 heteroatoms. The van der Waals surface area contributed by atoms with E-state index in [0.717, 1.165) is 17.6 Å². The highest BCUT2D eigenvalue weighted by molar-refractivity contribution is 7.91. The SMILES string of the molecule is CCN(C)c1sc(C(N)=O)c(N)c1S(C)(=O)=O. The van der Waals surface area contributed by atoms with Crippen LogP contribution in [0.2, 0.25) is 0 Å². The van der Waals surface area contributed by atoms with Gasteiger partial charge in [0.25, 0.3) is 5.91 Å². The lowest BCUT2D eigenvalue weighted by Gasteiger charge is -2.15. The molecule has 0 aliphatic heterocycles. The Morgan fingerprint density at radius 2 is 2.00 bits per heavy atom. The van der Waals surface area contributed by atoms with Crippen molar-refractivity contribution in [2.75, 3.05) is 30.5 Å². The Balaban J connectivity index is 3.60. The number of carbonyl (C=O) groups is 1. The van der Waals surface area contributed by atoms with E-state index in [0.29, 0.717) is 11.5 Å². The fourth-order valence-corrected chi connectivity index (χ4v) is 3.96.